The number of nitrogens with one attached hydrogen (secondary N) is 1. The van der Waals surface area contributed by atoms with E-state index in [-0.39, 0.29) is 5.84 Å². The lowest BCUT2D eigenvalue weighted by Crippen LogP contribution is -2.21. The Balaban J connectivity index is 2.18. The van der Waals surface area contributed by atoms with E-state index in [1.54, 1.807) is 24.5 Å². The third kappa shape index (κ3) is 2.48. The molecule has 2 aromatic heterocycles. The van der Waals surface area contributed by atoms with Gasteiger partial charge in [0.1, 0.15) is 17.5 Å². The summed E-state index contributed by atoms with van der Waals surface area (Å²) in [6.07, 6.45) is 5.33. The number of aryl methyl sites for hydroxylation is 1. The lowest BCUT2D eigenvalue weighted by molar-refractivity contribution is 0.755. The first-order chi connectivity index (χ1) is 8.58. The maximum Gasteiger partial charge on any atom is 0.129 e. The summed E-state index contributed by atoms with van der Waals surface area (Å²) < 4.78 is 1.96. The molecule has 0 saturated carbocycles. The molecule has 94 valence electrons. The van der Waals surface area contributed by atoms with Gasteiger partial charge in [-0.2, -0.15) is 0 Å². The zero-order chi connectivity index (χ0) is 13.1. The minimum atomic E-state index is 0.0454. The van der Waals surface area contributed by atoms with Crippen LogP contribution in [0.15, 0.2) is 30.7 Å². The van der Waals surface area contributed by atoms with Crippen LogP contribution < -0.4 is 10.6 Å². The quantitative estimate of drug-likeness (QED) is 0.613. The monoisotopic (exact) mass is 244 g/mol. The first-order valence-corrected chi connectivity index (χ1v) is 5.55. The van der Waals surface area contributed by atoms with Crippen LogP contribution in [-0.4, -0.2) is 27.4 Å². The Morgan fingerprint density at radius 2 is 2.22 bits per heavy atom. The summed E-state index contributed by atoms with van der Waals surface area (Å²) >= 11 is 0. The second-order valence-electron chi connectivity index (χ2n) is 4.13. The van der Waals surface area contributed by atoms with Gasteiger partial charge in [0.25, 0.3) is 0 Å². The molecule has 0 bridgehead atoms. The van der Waals surface area contributed by atoms with Crippen LogP contribution in [0.25, 0.3) is 0 Å². The molecule has 18 heavy (non-hydrogen) atoms. The van der Waals surface area contributed by atoms with Gasteiger partial charge in [0.2, 0.25) is 0 Å². The van der Waals surface area contributed by atoms with Gasteiger partial charge in [0, 0.05) is 38.2 Å². The third-order valence-electron chi connectivity index (χ3n) is 2.75. The van der Waals surface area contributed by atoms with E-state index in [0.717, 1.165) is 11.6 Å². The Morgan fingerprint density at radius 3 is 2.83 bits per heavy atom. The van der Waals surface area contributed by atoms with Crippen molar-refractivity contribution in [3.63, 3.8) is 0 Å². The highest BCUT2D eigenvalue weighted by atomic mass is 15.2. The van der Waals surface area contributed by atoms with E-state index >= 15 is 0 Å². The number of anilines is 1. The average Bonchev–Trinajstić information content (AvgIpc) is 2.75. The van der Waals surface area contributed by atoms with Crippen LogP contribution in [0.5, 0.6) is 0 Å². The lowest BCUT2D eigenvalue weighted by Gasteiger charge is -2.18. The topological polar surface area (TPSA) is 83.8 Å². The summed E-state index contributed by atoms with van der Waals surface area (Å²) in [5.41, 5.74) is 6.14. The molecule has 0 fully saturated rings. The molecule has 0 atom stereocenters. The largest absolute Gasteiger partial charge is 0.384 e. The molecule has 0 unspecified atom stereocenters. The second kappa shape index (κ2) is 4.87. The summed E-state index contributed by atoms with van der Waals surface area (Å²) in [6, 6.07) is 3.52. The van der Waals surface area contributed by atoms with Gasteiger partial charge in [-0.15, -0.1) is 0 Å². The van der Waals surface area contributed by atoms with Gasteiger partial charge < -0.3 is 15.2 Å². The van der Waals surface area contributed by atoms with Crippen molar-refractivity contribution in [2.24, 2.45) is 12.8 Å². The van der Waals surface area contributed by atoms with Crippen LogP contribution in [0.2, 0.25) is 0 Å². The SMILES string of the molecule is CN(Cc1nccn1C)c1cc(C(=N)N)ccn1. The lowest BCUT2D eigenvalue weighted by atomic mass is 10.2. The smallest absolute Gasteiger partial charge is 0.129 e. The van der Waals surface area contributed by atoms with Crippen molar-refractivity contribution < 1.29 is 0 Å². The molecule has 6 heteroatoms. The molecule has 2 heterocycles. The first-order valence-electron chi connectivity index (χ1n) is 5.55. The predicted octanol–water partition coefficient (Wildman–Crippen LogP) is 0.736. The van der Waals surface area contributed by atoms with Gasteiger partial charge in [-0.3, -0.25) is 5.41 Å². The zero-order valence-electron chi connectivity index (χ0n) is 10.5. The zero-order valence-corrected chi connectivity index (χ0v) is 10.5. The summed E-state index contributed by atoms with van der Waals surface area (Å²) in [5, 5.41) is 7.42. The van der Waals surface area contributed by atoms with Gasteiger partial charge in [-0.05, 0) is 12.1 Å². The van der Waals surface area contributed by atoms with Gasteiger partial charge in [0.15, 0.2) is 0 Å². The Bertz CT molecular complexity index is 559. The highest BCUT2D eigenvalue weighted by Gasteiger charge is 2.08. The number of aromatic nitrogens is 3. The van der Waals surface area contributed by atoms with Gasteiger partial charge in [-0.25, -0.2) is 9.97 Å². The standard InChI is InChI=1S/C12H16N6/c1-17-6-5-16-11(17)8-18(2)10-7-9(12(13)14)3-4-15-10/h3-7H,8H2,1-2H3,(H3,13,14). The number of nitrogens with zero attached hydrogens (tertiary/aromatic N) is 4. The fraction of sp³-hybridized carbons (Fsp3) is 0.250. The molecule has 0 radical (unpaired) electrons. The summed E-state index contributed by atoms with van der Waals surface area (Å²) in [6.45, 7) is 0.651. The van der Waals surface area contributed by atoms with Crippen LogP contribution in [0.4, 0.5) is 5.82 Å². The van der Waals surface area contributed by atoms with Crippen molar-refractivity contribution in [2.75, 3.05) is 11.9 Å². The Hall–Kier alpha value is -2.37. The second-order valence-corrected chi connectivity index (χ2v) is 4.13. The number of nitrogens with two attached hydrogens (primary N) is 1. The third-order valence-corrected chi connectivity index (χ3v) is 2.75. The van der Waals surface area contributed by atoms with Crippen molar-refractivity contribution in [3.8, 4) is 0 Å². The molecule has 0 saturated heterocycles. The van der Waals surface area contributed by atoms with E-state index in [1.165, 1.54) is 0 Å². The maximum absolute atomic E-state index is 7.42. The van der Waals surface area contributed by atoms with E-state index in [1.807, 2.05) is 29.8 Å². The molecule has 0 spiro atoms. The van der Waals surface area contributed by atoms with Crippen LogP contribution >= 0.6 is 0 Å². The van der Waals surface area contributed by atoms with Crippen molar-refractivity contribution in [1.82, 2.24) is 14.5 Å². The number of nitrogen functional groups attached to an aromatic ring is 1. The van der Waals surface area contributed by atoms with E-state index in [9.17, 15) is 0 Å². The molecule has 0 aliphatic heterocycles. The summed E-state index contributed by atoms with van der Waals surface area (Å²) in [5.74, 6) is 1.77. The number of rotatable bonds is 4. The number of imidazole rings is 1. The van der Waals surface area contributed by atoms with E-state index < -0.39 is 0 Å². The summed E-state index contributed by atoms with van der Waals surface area (Å²) in [4.78, 5) is 10.5. The fourth-order valence-corrected chi connectivity index (χ4v) is 1.64. The number of amidine groups is 1. The Labute approximate surface area is 106 Å². The fourth-order valence-electron chi connectivity index (χ4n) is 1.64. The Kier molecular flexibility index (Phi) is 3.27. The normalized spacial score (nSPS) is 10.3. The number of pyridine rings is 1. The Morgan fingerprint density at radius 1 is 1.44 bits per heavy atom. The first kappa shape index (κ1) is 12.1. The highest BCUT2D eigenvalue weighted by Crippen LogP contribution is 2.13. The average molecular weight is 244 g/mol. The van der Waals surface area contributed by atoms with Crippen LogP contribution in [0.1, 0.15) is 11.4 Å². The molecular formula is C12H16N6. The number of hydrogen-bond acceptors (Lipinski definition) is 4. The van der Waals surface area contributed by atoms with Crippen molar-refractivity contribution in [2.45, 2.75) is 6.54 Å². The van der Waals surface area contributed by atoms with E-state index in [4.69, 9.17) is 11.1 Å². The molecule has 2 aromatic rings. The molecule has 6 nitrogen and oxygen atoms in total. The van der Waals surface area contributed by atoms with Gasteiger partial charge in [0.05, 0.1) is 6.54 Å². The molecule has 0 aliphatic rings. The molecular weight excluding hydrogens is 228 g/mol. The van der Waals surface area contributed by atoms with Gasteiger partial charge in [-0.1, -0.05) is 0 Å². The molecule has 0 amide bonds. The number of hydrogen-bond donors (Lipinski definition) is 2. The summed E-state index contributed by atoms with van der Waals surface area (Å²) in [7, 11) is 3.89. The van der Waals surface area contributed by atoms with Gasteiger partial charge >= 0.3 is 0 Å². The van der Waals surface area contributed by atoms with Crippen LogP contribution in [0, 0.1) is 5.41 Å². The molecule has 0 aromatic carbocycles. The van der Waals surface area contributed by atoms with Crippen molar-refractivity contribution in [3.05, 3.63) is 42.1 Å². The maximum atomic E-state index is 7.42. The molecule has 3 N–H and O–H groups in total. The van der Waals surface area contributed by atoms with E-state index in [0.29, 0.717) is 12.1 Å². The van der Waals surface area contributed by atoms with Crippen molar-refractivity contribution in [1.29, 1.82) is 5.41 Å². The highest BCUT2D eigenvalue weighted by molar-refractivity contribution is 5.95. The predicted molar refractivity (Wildman–Crippen MR) is 70.6 cm³/mol. The minimum absolute atomic E-state index is 0.0454. The van der Waals surface area contributed by atoms with Crippen LogP contribution in [0.3, 0.4) is 0 Å². The van der Waals surface area contributed by atoms with Crippen LogP contribution in [-0.2, 0) is 13.6 Å². The van der Waals surface area contributed by atoms with E-state index in [2.05, 4.69) is 9.97 Å². The minimum Gasteiger partial charge on any atom is -0.384 e. The van der Waals surface area contributed by atoms with Crippen molar-refractivity contribution >= 4 is 11.7 Å². The molecule has 0 aliphatic carbocycles. The molecule has 2 rings (SSSR count).